The number of anilines is 1. The van der Waals surface area contributed by atoms with Gasteiger partial charge in [-0.25, -0.2) is 9.52 Å². The molecule has 0 saturated carbocycles. The molecular weight excluding hydrogens is 418 g/mol. The number of hydrogen-bond donors (Lipinski definition) is 3. The van der Waals surface area contributed by atoms with Crippen molar-refractivity contribution in [3.05, 3.63) is 46.2 Å². The summed E-state index contributed by atoms with van der Waals surface area (Å²) in [6.07, 6.45) is 1.76. The molecule has 2 aromatic rings. The summed E-state index contributed by atoms with van der Waals surface area (Å²) in [6.45, 7) is 10.1. The van der Waals surface area contributed by atoms with E-state index in [4.69, 9.17) is 9.62 Å². The quantitative estimate of drug-likeness (QED) is 0.446. The molecule has 1 aliphatic rings. The molecule has 1 aromatic heterocycles. The number of carbonyl (C=O) groups excluding carboxylic acids is 1. The Balaban J connectivity index is 1.89. The Morgan fingerprint density at radius 3 is 2.26 bits per heavy atom. The highest BCUT2D eigenvalue weighted by molar-refractivity contribution is 7.89. The molecule has 3 rings (SSSR count). The molecule has 1 aromatic carbocycles. The number of nitrogens with zero attached hydrogens (tertiary/aromatic N) is 1. The smallest absolute Gasteiger partial charge is 0.333 e. The summed E-state index contributed by atoms with van der Waals surface area (Å²) in [5, 5.41) is 14.7. The lowest BCUT2D eigenvalue weighted by molar-refractivity contribution is 0.256. The fourth-order valence-electron chi connectivity index (χ4n) is 3.83. The maximum atomic E-state index is 12.8. The van der Waals surface area contributed by atoms with Gasteiger partial charge in [-0.2, -0.15) is 8.42 Å². The molecule has 0 unspecified atom stereocenters. The number of furan rings is 1. The lowest BCUT2D eigenvalue weighted by Crippen LogP contribution is -2.35. The van der Waals surface area contributed by atoms with Gasteiger partial charge in [-0.3, -0.25) is 0 Å². The Labute approximate surface area is 182 Å². The molecule has 0 fully saturated rings. The van der Waals surface area contributed by atoms with Crippen LogP contribution in [0.3, 0.4) is 0 Å². The highest BCUT2D eigenvalue weighted by atomic mass is 32.2. The summed E-state index contributed by atoms with van der Waals surface area (Å²) < 4.78 is 33.0. The zero-order chi connectivity index (χ0) is 22.9. The Kier molecular flexibility index (Phi) is 6.45. The van der Waals surface area contributed by atoms with E-state index in [2.05, 4.69) is 10.5 Å². The molecule has 2 amide bonds. The van der Waals surface area contributed by atoms with Crippen molar-refractivity contribution in [2.75, 3.05) is 5.32 Å². The van der Waals surface area contributed by atoms with E-state index >= 15 is 0 Å². The second-order valence-electron chi connectivity index (χ2n) is 8.49. The fourth-order valence-corrected chi connectivity index (χ4v) is 4.71. The van der Waals surface area contributed by atoms with Gasteiger partial charge in [0.2, 0.25) is 5.09 Å². The van der Waals surface area contributed by atoms with Crippen molar-refractivity contribution in [3.63, 3.8) is 0 Å². The largest absolute Gasteiger partial charge is 0.447 e. The highest BCUT2D eigenvalue weighted by Crippen LogP contribution is 2.34. The van der Waals surface area contributed by atoms with Crippen LogP contribution < -0.4 is 10.0 Å². The molecule has 0 aliphatic heterocycles. The van der Waals surface area contributed by atoms with Crippen LogP contribution in [0.5, 0.6) is 0 Å². The van der Waals surface area contributed by atoms with E-state index in [0.717, 1.165) is 16.7 Å². The first-order chi connectivity index (χ1) is 14.5. The monoisotopic (exact) mass is 447 g/mol. The number of carbonyl (C=O) groups is 1. The highest BCUT2D eigenvalue weighted by Gasteiger charge is 2.29. The van der Waals surface area contributed by atoms with Gasteiger partial charge in [0.15, 0.2) is 0 Å². The Bertz CT molecular complexity index is 1100. The molecule has 0 spiro atoms. The number of amides is 2. The first kappa shape index (κ1) is 22.9. The predicted octanol–water partition coefficient (Wildman–Crippen LogP) is 4.86. The van der Waals surface area contributed by atoms with Crippen LogP contribution >= 0.6 is 0 Å². The maximum absolute atomic E-state index is 12.8. The summed E-state index contributed by atoms with van der Waals surface area (Å²) in [4.78, 5) is 12.7. The molecule has 3 N–H and O–H groups in total. The van der Waals surface area contributed by atoms with Crippen molar-refractivity contribution < 1.29 is 22.8 Å². The Hall–Kier alpha value is -2.81. The van der Waals surface area contributed by atoms with Crippen molar-refractivity contribution in [1.29, 1.82) is 0 Å². The van der Waals surface area contributed by atoms with Gasteiger partial charge in [-0.15, -0.1) is 0 Å². The van der Waals surface area contributed by atoms with Crippen molar-refractivity contribution >= 4 is 27.5 Å². The van der Waals surface area contributed by atoms with E-state index in [0.29, 0.717) is 42.0 Å². The van der Waals surface area contributed by atoms with Crippen molar-refractivity contribution in [1.82, 2.24) is 4.72 Å². The molecule has 31 heavy (non-hydrogen) atoms. The molecule has 0 radical (unpaired) electrons. The van der Waals surface area contributed by atoms with Crippen molar-refractivity contribution in [2.45, 2.75) is 70.8 Å². The number of urea groups is 1. The minimum Gasteiger partial charge on any atom is -0.447 e. The molecule has 9 heteroatoms. The number of aryl methyl sites for hydroxylation is 2. The molecule has 1 heterocycles. The van der Waals surface area contributed by atoms with Gasteiger partial charge in [0, 0.05) is 23.7 Å². The molecular formula is C22H29N3O5S. The predicted molar refractivity (Wildman–Crippen MR) is 119 cm³/mol. The second-order valence-corrected chi connectivity index (χ2v) is 10.1. The zero-order valence-corrected chi connectivity index (χ0v) is 19.3. The van der Waals surface area contributed by atoms with Gasteiger partial charge in [0.1, 0.15) is 5.76 Å². The van der Waals surface area contributed by atoms with Gasteiger partial charge < -0.3 is 14.9 Å². The van der Waals surface area contributed by atoms with Crippen LogP contribution in [-0.4, -0.2) is 25.4 Å². The van der Waals surface area contributed by atoms with Gasteiger partial charge in [-0.05, 0) is 42.7 Å². The van der Waals surface area contributed by atoms with Crippen LogP contribution in [0.1, 0.15) is 80.4 Å². The third-order valence-electron chi connectivity index (χ3n) is 5.35. The SMILES string of the molecule is Cc1cc(C(C)C)c(NC(=O)NS(=O)(=O)c2cc3c(o2)CCC/C3=N\O)c(C(C)C)c1. The van der Waals surface area contributed by atoms with E-state index in [-0.39, 0.29) is 16.9 Å². The normalized spacial score (nSPS) is 15.4. The lowest BCUT2D eigenvalue weighted by Gasteiger charge is -2.21. The van der Waals surface area contributed by atoms with Gasteiger partial charge in [0.25, 0.3) is 10.0 Å². The summed E-state index contributed by atoms with van der Waals surface area (Å²) in [6, 6.07) is 4.43. The van der Waals surface area contributed by atoms with Crippen molar-refractivity contribution in [2.24, 2.45) is 5.16 Å². The number of oxime groups is 1. The number of nitrogens with one attached hydrogen (secondary N) is 2. The molecule has 0 saturated heterocycles. The summed E-state index contributed by atoms with van der Waals surface area (Å²) in [5.41, 5.74) is 4.41. The summed E-state index contributed by atoms with van der Waals surface area (Å²) in [5.74, 6) is 0.706. The molecule has 0 atom stereocenters. The fraction of sp³-hybridized carbons (Fsp3) is 0.455. The topological polar surface area (TPSA) is 121 Å². The number of fused-ring (bicyclic) bond motifs is 1. The minimum absolute atomic E-state index is 0.136. The molecule has 0 bridgehead atoms. The van der Waals surface area contributed by atoms with Crippen LogP contribution in [-0.2, 0) is 16.4 Å². The van der Waals surface area contributed by atoms with Crippen LogP contribution in [0.4, 0.5) is 10.5 Å². The maximum Gasteiger partial charge on any atom is 0.333 e. The lowest BCUT2D eigenvalue weighted by atomic mass is 9.90. The van der Waals surface area contributed by atoms with E-state index in [1.54, 1.807) is 0 Å². The van der Waals surface area contributed by atoms with Crippen molar-refractivity contribution in [3.8, 4) is 0 Å². The Morgan fingerprint density at radius 1 is 1.10 bits per heavy atom. The number of sulfonamides is 1. The minimum atomic E-state index is -4.25. The van der Waals surface area contributed by atoms with Crippen LogP contribution in [0, 0.1) is 6.92 Å². The van der Waals surface area contributed by atoms with E-state index in [1.165, 1.54) is 6.07 Å². The standard InChI is InChI=1S/C22H29N3O5S/c1-12(2)15-9-14(5)10-16(13(3)4)21(15)23-22(26)25-31(28,29)20-11-17-18(24-27)7-6-8-19(17)30-20/h9-13,27H,6-8H2,1-5H3,(H2,23,25,26)/b24-18+. The first-order valence-corrected chi connectivity index (χ1v) is 11.8. The van der Waals surface area contributed by atoms with Crippen LogP contribution in [0.15, 0.2) is 32.9 Å². The van der Waals surface area contributed by atoms with E-state index in [9.17, 15) is 13.2 Å². The van der Waals surface area contributed by atoms with E-state index in [1.807, 2.05) is 51.5 Å². The van der Waals surface area contributed by atoms with Crippen LogP contribution in [0.25, 0.3) is 0 Å². The first-order valence-electron chi connectivity index (χ1n) is 10.4. The average molecular weight is 448 g/mol. The third kappa shape index (κ3) is 4.76. The van der Waals surface area contributed by atoms with Gasteiger partial charge in [-0.1, -0.05) is 50.5 Å². The number of benzene rings is 1. The summed E-state index contributed by atoms with van der Waals surface area (Å²) >= 11 is 0. The van der Waals surface area contributed by atoms with Crippen LogP contribution in [0.2, 0.25) is 0 Å². The van der Waals surface area contributed by atoms with E-state index < -0.39 is 16.1 Å². The second kappa shape index (κ2) is 8.74. The zero-order valence-electron chi connectivity index (χ0n) is 18.4. The third-order valence-corrected chi connectivity index (χ3v) is 6.54. The number of hydrogen-bond acceptors (Lipinski definition) is 6. The number of rotatable bonds is 5. The van der Waals surface area contributed by atoms with Gasteiger partial charge in [0.05, 0.1) is 5.71 Å². The molecule has 1 aliphatic carbocycles. The Morgan fingerprint density at radius 2 is 1.71 bits per heavy atom. The summed E-state index contributed by atoms with van der Waals surface area (Å²) in [7, 11) is -4.25. The molecule has 8 nitrogen and oxygen atoms in total. The van der Waals surface area contributed by atoms with Gasteiger partial charge >= 0.3 is 6.03 Å². The molecule has 168 valence electrons. The average Bonchev–Trinajstić information content (AvgIpc) is 3.13.